The maximum atomic E-state index is 2.52. The number of aryl methyl sites for hydroxylation is 2. The molecule has 3 aromatic rings. The van der Waals surface area contributed by atoms with Crippen LogP contribution in [0.1, 0.15) is 60.0 Å². The topological polar surface area (TPSA) is 0 Å². The van der Waals surface area contributed by atoms with Crippen LogP contribution in [0.15, 0.2) is 77.9 Å². The van der Waals surface area contributed by atoms with Crippen LogP contribution < -0.4 is 0 Å². The molecule has 0 aromatic heterocycles. The van der Waals surface area contributed by atoms with E-state index >= 15 is 0 Å². The maximum absolute atomic E-state index is 2.52. The van der Waals surface area contributed by atoms with Gasteiger partial charge in [-0.05, 0) is 0 Å². The van der Waals surface area contributed by atoms with E-state index in [2.05, 4.69) is 107 Å². The molecule has 0 bridgehead atoms. The van der Waals surface area contributed by atoms with Gasteiger partial charge >= 0.3 is 196 Å². The summed E-state index contributed by atoms with van der Waals surface area (Å²) in [6, 6.07) is 26.5. The van der Waals surface area contributed by atoms with E-state index < -0.39 is 20.4 Å². The van der Waals surface area contributed by atoms with Gasteiger partial charge in [0.1, 0.15) is 0 Å². The second kappa shape index (κ2) is 8.64. The monoisotopic (exact) mass is 496 g/mol. The van der Waals surface area contributed by atoms with Crippen LogP contribution in [-0.4, -0.2) is 6.16 Å². The zero-order chi connectivity index (χ0) is 21.5. The van der Waals surface area contributed by atoms with E-state index in [-0.39, 0.29) is 0 Å². The third-order valence-corrected chi connectivity index (χ3v) is 24.2. The molecule has 0 heterocycles. The second-order valence-corrected chi connectivity index (χ2v) is 22.3. The average Bonchev–Trinajstić information content (AvgIpc) is 3.28. The van der Waals surface area contributed by atoms with E-state index in [0.717, 1.165) is 7.25 Å². The van der Waals surface area contributed by atoms with Crippen LogP contribution in [0.4, 0.5) is 0 Å². The molecular formula is C29H30SiZr. The molecule has 0 fully saturated rings. The minimum absolute atomic E-state index is 0.445. The van der Waals surface area contributed by atoms with Crippen LogP contribution in [0.2, 0.25) is 0 Å². The van der Waals surface area contributed by atoms with Gasteiger partial charge in [-0.2, -0.15) is 0 Å². The van der Waals surface area contributed by atoms with E-state index in [1.807, 2.05) is 0 Å². The molecule has 2 aliphatic rings. The molecule has 0 saturated carbocycles. The summed E-state index contributed by atoms with van der Waals surface area (Å²) >= 11 is -1.95. The molecule has 154 valence electrons. The summed E-state index contributed by atoms with van der Waals surface area (Å²) in [6.07, 6.45) is 5.48. The fraction of sp³-hybridized carbons (Fsp3) is 0.241. The van der Waals surface area contributed by atoms with Crippen molar-refractivity contribution in [1.82, 2.24) is 0 Å². The molecule has 31 heavy (non-hydrogen) atoms. The molecule has 2 heteroatoms. The van der Waals surface area contributed by atoms with Gasteiger partial charge in [0.15, 0.2) is 0 Å². The van der Waals surface area contributed by atoms with Crippen LogP contribution in [-0.2, 0) is 26.4 Å². The Morgan fingerprint density at radius 3 is 1.68 bits per heavy atom. The summed E-state index contributed by atoms with van der Waals surface area (Å²) in [5, 5.41) is 0. The van der Waals surface area contributed by atoms with Gasteiger partial charge in [0, 0.05) is 0 Å². The van der Waals surface area contributed by atoms with Gasteiger partial charge < -0.3 is 0 Å². The van der Waals surface area contributed by atoms with Crippen molar-refractivity contribution < 1.29 is 20.4 Å². The third kappa shape index (κ3) is 3.83. The standard InChI is InChI=1S/2C11H11.C7H8Si.Zr/c2*1-8-6-10-5-3-4-9(2)11(10)7-8;8-6-7-4-2-1-3-5-7;/h2*3-7H,1-2H3;1-5,8H,6H2;. The fourth-order valence-electron chi connectivity index (χ4n) is 5.55. The molecular weight excluding hydrogens is 468 g/mol. The number of rotatable bonds is 4. The van der Waals surface area contributed by atoms with Gasteiger partial charge in [0.05, 0.1) is 0 Å². The molecule has 0 nitrogen and oxygen atoms in total. The van der Waals surface area contributed by atoms with E-state index in [1.165, 1.54) is 33.9 Å². The zero-order valence-corrected chi connectivity index (χ0v) is 22.6. The fourth-order valence-corrected chi connectivity index (χ4v) is 25.8. The summed E-state index contributed by atoms with van der Waals surface area (Å²) in [7, 11) is 0. The first-order valence-electron chi connectivity index (χ1n) is 11.3. The first-order chi connectivity index (χ1) is 15.0. The quantitative estimate of drug-likeness (QED) is 0.338. The molecule has 2 aliphatic carbocycles. The normalized spacial score (nSPS) is 18.8. The Bertz CT molecular complexity index is 1170. The Morgan fingerprint density at radius 1 is 0.645 bits per heavy atom. The SMILES string of the molecule is CC1=Cc2c(C)cccc2[CH]1[Zr](=[SiH]Cc1ccccc1)[CH]1C(C)=Cc2c(C)cccc21. The number of allylic oxidation sites excluding steroid dienone is 2. The van der Waals surface area contributed by atoms with Crippen molar-refractivity contribution in [3.05, 3.63) is 117 Å². The Morgan fingerprint density at radius 2 is 1.16 bits per heavy atom. The molecule has 5 rings (SSSR count). The van der Waals surface area contributed by atoms with Gasteiger partial charge in [-0.3, -0.25) is 0 Å². The van der Waals surface area contributed by atoms with Gasteiger partial charge in [0.25, 0.3) is 0 Å². The van der Waals surface area contributed by atoms with Crippen LogP contribution in [0.5, 0.6) is 0 Å². The number of benzene rings is 3. The molecule has 0 aliphatic heterocycles. The summed E-state index contributed by atoms with van der Waals surface area (Å²) in [6.45, 7) is 9.39. The number of hydrogen-bond donors (Lipinski definition) is 0. The predicted molar refractivity (Wildman–Crippen MR) is 132 cm³/mol. The van der Waals surface area contributed by atoms with Crippen molar-refractivity contribution in [1.29, 1.82) is 0 Å². The summed E-state index contributed by atoms with van der Waals surface area (Å²) in [5.41, 5.74) is 14.0. The molecule has 3 aromatic carbocycles. The van der Waals surface area contributed by atoms with Crippen molar-refractivity contribution >= 4 is 18.3 Å². The minimum atomic E-state index is -1.95. The Labute approximate surface area is 195 Å². The molecule has 0 spiro atoms. The Balaban J connectivity index is 1.66. The van der Waals surface area contributed by atoms with Crippen molar-refractivity contribution in [2.75, 3.05) is 0 Å². The Hall–Kier alpha value is -1.76. The van der Waals surface area contributed by atoms with E-state index in [1.54, 1.807) is 22.3 Å². The second-order valence-electron chi connectivity index (χ2n) is 9.19. The van der Waals surface area contributed by atoms with Crippen molar-refractivity contribution in [2.24, 2.45) is 0 Å². The summed E-state index contributed by atoms with van der Waals surface area (Å²) < 4.78 is 1.44. The first kappa shape index (κ1) is 21.1. The van der Waals surface area contributed by atoms with Crippen LogP contribution in [0.25, 0.3) is 12.2 Å². The molecule has 0 saturated heterocycles. The summed E-state index contributed by atoms with van der Waals surface area (Å²) in [5.74, 6) is 0. The van der Waals surface area contributed by atoms with Gasteiger partial charge in [-0.1, -0.05) is 0 Å². The van der Waals surface area contributed by atoms with Crippen molar-refractivity contribution in [3.8, 4) is 0 Å². The van der Waals surface area contributed by atoms with E-state index in [4.69, 9.17) is 0 Å². The molecule has 2 atom stereocenters. The summed E-state index contributed by atoms with van der Waals surface area (Å²) in [4.78, 5) is 0. The number of fused-ring (bicyclic) bond motifs is 2. The van der Waals surface area contributed by atoms with E-state index in [9.17, 15) is 0 Å². The van der Waals surface area contributed by atoms with Gasteiger partial charge in [0.2, 0.25) is 0 Å². The number of hydrogen-bond acceptors (Lipinski definition) is 0. The average molecular weight is 498 g/mol. The van der Waals surface area contributed by atoms with E-state index in [0.29, 0.717) is 6.16 Å². The van der Waals surface area contributed by atoms with Crippen LogP contribution in [0, 0.1) is 13.8 Å². The third-order valence-electron chi connectivity index (χ3n) is 7.08. The van der Waals surface area contributed by atoms with Crippen LogP contribution in [0.3, 0.4) is 0 Å². The van der Waals surface area contributed by atoms with Crippen molar-refractivity contribution in [3.63, 3.8) is 0 Å². The van der Waals surface area contributed by atoms with Gasteiger partial charge in [-0.25, -0.2) is 0 Å². The predicted octanol–water partition coefficient (Wildman–Crippen LogP) is 7.09. The Kier molecular flexibility index (Phi) is 5.88. The molecule has 2 unspecified atom stereocenters. The molecule has 0 radical (unpaired) electrons. The van der Waals surface area contributed by atoms with Gasteiger partial charge in [-0.15, -0.1) is 0 Å². The zero-order valence-electron chi connectivity index (χ0n) is 18.9. The van der Waals surface area contributed by atoms with Crippen LogP contribution >= 0.6 is 0 Å². The first-order valence-corrected chi connectivity index (χ1v) is 19.8. The van der Waals surface area contributed by atoms with Crippen molar-refractivity contribution in [2.45, 2.75) is 41.0 Å². The molecule has 0 N–H and O–H groups in total. The molecule has 0 amide bonds.